The van der Waals surface area contributed by atoms with Crippen molar-refractivity contribution in [1.29, 1.82) is 0 Å². The number of aromatic nitrogens is 4. The van der Waals surface area contributed by atoms with Gasteiger partial charge in [-0.3, -0.25) is 14.2 Å². The highest BCUT2D eigenvalue weighted by Crippen LogP contribution is 2.61. The van der Waals surface area contributed by atoms with Gasteiger partial charge in [-0.1, -0.05) is 6.07 Å². The zero-order chi connectivity index (χ0) is 25.3. The normalized spacial score (nSPS) is 26.5. The molecule has 37 heavy (non-hydrogen) atoms. The average Bonchev–Trinajstić information content (AvgIpc) is 3.26. The predicted molar refractivity (Wildman–Crippen MR) is 139 cm³/mol. The van der Waals surface area contributed by atoms with Gasteiger partial charge in [0.1, 0.15) is 0 Å². The second kappa shape index (κ2) is 8.43. The Balaban J connectivity index is 1.32. The van der Waals surface area contributed by atoms with Gasteiger partial charge in [0.15, 0.2) is 5.82 Å². The van der Waals surface area contributed by atoms with E-state index in [1.807, 2.05) is 29.0 Å². The van der Waals surface area contributed by atoms with Crippen molar-refractivity contribution in [3.05, 3.63) is 47.4 Å². The highest BCUT2D eigenvalue weighted by Gasteiger charge is 2.59. The fourth-order valence-electron chi connectivity index (χ4n) is 6.62. The molecule has 9 heteroatoms. The third-order valence-electron chi connectivity index (χ3n) is 8.92. The van der Waals surface area contributed by atoms with Crippen LogP contribution in [0.2, 0.25) is 0 Å². The maximum Gasteiger partial charge on any atom is 0.219 e. The predicted octanol–water partition coefficient (Wildman–Crippen LogP) is 3.25. The fraction of sp³-hybridized carbons (Fsp3) is 0.536. The molecule has 9 nitrogen and oxygen atoms in total. The Labute approximate surface area is 216 Å². The number of nitrogens with zero attached hydrogens (tertiary/aromatic N) is 6. The van der Waals surface area contributed by atoms with E-state index in [0.29, 0.717) is 12.6 Å². The van der Waals surface area contributed by atoms with Crippen molar-refractivity contribution >= 4 is 17.4 Å². The summed E-state index contributed by atoms with van der Waals surface area (Å²) in [5.41, 5.74) is 7.38. The van der Waals surface area contributed by atoms with Crippen LogP contribution in [-0.2, 0) is 40.7 Å². The van der Waals surface area contributed by atoms with Crippen LogP contribution < -0.4 is 4.90 Å². The van der Waals surface area contributed by atoms with Crippen molar-refractivity contribution < 1.29 is 14.3 Å². The number of carbonyl (C=O) groups is 1. The summed E-state index contributed by atoms with van der Waals surface area (Å²) in [4.78, 5) is 16.6. The minimum absolute atomic E-state index is 0.0560. The fourth-order valence-corrected chi connectivity index (χ4v) is 6.62. The van der Waals surface area contributed by atoms with Crippen LogP contribution in [0, 0.1) is 5.41 Å². The third kappa shape index (κ3) is 3.70. The Morgan fingerprint density at radius 1 is 1.27 bits per heavy atom. The van der Waals surface area contributed by atoms with Crippen molar-refractivity contribution in [2.45, 2.75) is 51.3 Å². The number of hydrogen-bond acceptors (Lipinski definition) is 6. The summed E-state index contributed by atoms with van der Waals surface area (Å²) >= 11 is 0. The molecule has 4 aliphatic rings. The summed E-state index contributed by atoms with van der Waals surface area (Å²) in [7, 11) is 3.73. The molecule has 1 amide bonds. The van der Waals surface area contributed by atoms with Crippen LogP contribution in [0.1, 0.15) is 42.6 Å². The monoisotopic (exact) mass is 502 g/mol. The van der Waals surface area contributed by atoms with Crippen LogP contribution in [0.4, 0.5) is 11.5 Å². The van der Waals surface area contributed by atoms with Gasteiger partial charge in [-0.15, -0.1) is 0 Å². The molecule has 0 N–H and O–H groups in total. The molecule has 3 unspecified atom stereocenters. The van der Waals surface area contributed by atoms with Gasteiger partial charge in [-0.05, 0) is 36.1 Å². The van der Waals surface area contributed by atoms with E-state index in [4.69, 9.17) is 14.6 Å². The van der Waals surface area contributed by atoms with Gasteiger partial charge >= 0.3 is 0 Å². The topological polar surface area (TPSA) is 77.7 Å². The lowest BCUT2D eigenvalue weighted by Gasteiger charge is -2.36. The highest BCUT2D eigenvalue weighted by molar-refractivity contribution is 5.76. The molecule has 7 rings (SSSR count). The molecule has 1 saturated carbocycles. The number of methoxy groups -OCH3 is 1. The summed E-state index contributed by atoms with van der Waals surface area (Å²) in [5.74, 6) is 1.09. The molecule has 3 atom stereocenters. The van der Waals surface area contributed by atoms with E-state index >= 15 is 0 Å². The number of anilines is 2. The number of carbonyl (C=O) groups excluding carboxylic acids is 1. The Morgan fingerprint density at radius 3 is 2.89 bits per heavy atom. The van der Waals surface area contributed by atoms with Crippen molar-refractivity contribution in [3.8, 4) is 11.1 Å². The molecule has 2 aromatic heterocycles. The van der Waals surface area contributed by atoms with Gasteiger partial charge in [0.2, 0.25) is 5.91 Å². The quantitative estimate of drug-likeness (QED) is 0.545. The van der Waals surface area contributed by atoms with Crippen LogP contribution in [0.3, 0.4) is 0 Å². The largest absolute Gasteiger partial charge is 0.381 e. The van der Waals surface area contributed by atoms with Crippen LogP contribution in [0.25, 0.3) is 11.1 Å². The van der Waals surface area contributed by atoms with Crippen molar-refractivity contribution in [1.82, 2.24) is 24.5 Å². The first kappa shape index (κ1) is 23.0. The first-order valence-electron chi connectivity index (χ1n) is 13.3. The van der Waals surface area contributed by atoms with E-state index in [1.54, 1.807) is 14.0 Å². The lowest BCUT2D eigenvalue weighted by Crippen LogP contribution is -2.38. The van der Waals surface area contributed by atoms with Crippen molar-refractivity contribution in [3.63, 3.8) is 0 Å². The molecular formula is C28H34N6O3. The van der Waals surface area contributed by atoms with Gasteiger partial charge < -0.3 is 19.3 Å². The summed E-state index contributed by atoms with van der Waals surface area (Å²) in [6.07, 6.45) is 7.93. The van der Waals surface area contributed by atoms with Gasteiger partial charge in [0.25, 0.3) is 0 Å². The summed E-state index contributed by atoms with van der Waals surface area (Å²) < 4.78 is 15.8. The molecule has 0 radical (unpaired) electrons. The second-order valence-corrected chi connectivity index (χ2v) is 11.2. The minimum Gasteiger partial charge on any atom is -0.381 e. The number of ether oxygens (including phenoxy) is 2. The van der Waals surface area contributed by atoms with E-state index in [0.717, 1.165) is 68.9 Å². The maximum atomic E-state index is 12.4. The zero-order valence-corrected chi connectivity index (χ0v) is 21.8. The van der Waals surface area contributed by atoms with E-state index in [1.165, 1.54) is 22.5 Å². The first-order valence-corrected chi connectivity index (χ1v) is 13.3. The summed E-state index contributed by atoms with van der Waals surface area (Å²) in [5, 5.41) is 9.67. The standard InChI is InChI=1S/C28H34N6O3/c1-18(35)32-8-6-25-23(16-32)27(30-34(25)26-12-28(26)7-9-37-17-28)33-15-22(36-3)11-20-10-19(4-5-24(20)33)21-13-29-31(2)14-21/h4-5,10,13-14,22,26H,6-9,11-12,15-17H2,1-3H3. The van der Waals surface area contributed by atoms with Gasteiger partial charge in [0.05, 0.1) is 38.0 Å². The number of aryl methyl sites for hydroxylation is 1. The lowest BCUT2D eigenvalue weighted by atomic mass is 9.95. The van der Waals surface area contributed by atoms with E-state index in [9.17, 15) is 4.79 Å². The number of hydrogen-bond donors (Lipinski definition) is 0. The van der Waals surface area contributed by atoms with Crippen LogP contribution >= 0.6 is 0 Å². The first-order chi connectivity index (χ1) is 18.0. The number of amides is 1. The van der Waals surface area contributed by atoms with Gasteiger partial charge in [-0.2, -0.15) is 10.2 Å². The lowest BCUT2D eigenvalue weighted by molar-refractivity contribution is -0.129. The summed E-state index contributed by atoms with van der Waals surface area (Å²) in [6.45, 7) is 5.43. The SMILES string of the molecule is COC1Cc2cc(-c3cnn(C)c3)ccc2N(c2nn(C3CC34CCOC4)c3c2CN(C(C)=O)CC3)C1. The smallest absolute Gasteiger partial charge is 0.219 e. The van der Waals surface area contributed by atoms with Crippen LogP contribution in [0.5, 0.6) is 0 Å². The minimum atomic E-state index is 0.0560. The molecule has 5 heterocycles. The van der Waals surface area contributed by atoms with E-state index in [2.05, 4.69) is 32.9 Å². The average molecular weight is 503 g/mol. The molecule has 2 fully saturated rings. The molecule has 1 spiro atoms. The van der Waals surface area contributed by atoms with E-state index < -0.39 is 0 Å². The van der Waals surface area contributed by atoms with Crippen molar-refractivity contribution in [2.24, 2.45) is 12.5 Å². The Hall–Kier alpha value is -3.17. The van der Waals surface area contributed by atoms with Gasteiger partial charge in [-0.25, -0.2) is 0 Å². The molecule has 0 bridgehead atoms. The third-order valence-corrected chi connectivity index (χ3v) is 8.92. The Morgan fingerprint density at radius 2 is 2.16 bits per heavy atom. The number of benzene rings is 1. The Bertz CT molecular complexity index is 1370. The molecule has 3 aliphatic heterocycles. The molecular weight excluding hydrogens is 468 g/mol. The summed E-state index contributed by atoms with van der Waals surface area (Å²) in [6, 6.07) is 7.04. The van der Waals surface area contributed by atoms with E-state index in [-0.39, 0.29) is 17.4 Å². The molecule has 194 valence electrons. The zero-order valence-electron chi connectivity index (χ0n) is 21.8. The molecule has 3 aromatic rings. The molecule has 1 saturated heterocycles. The molecule has 1 aliphatic carbocycles. The van der Waals surface area contributed by atoms with Crippen molar-refractivity contribution in [2.75, 3.05) is 38.3 Å². The van der Waals surface area contributed by atoms with Gasteiger partial charge in [0, 0.05) is 81.2 Å². The highest BCUT2D eigenvalue weighted by atomic mass is 16.5. The maximum absolute atomic E-state index is 12.4. The Kier molecular flexibility index (Phi) is 5.23. The van der Waals surface area contributed by atoms with Crippen LogP contribution in [-0.4, -0.2) is 69.9 Å². The second-order valence-electron chi connectivity index (χ2n) is 11.2. The number of fused-ring (bicyclic) bond motifs is 2. The molecule has 1 aromatic carbocycles. The number of rotatable bonds is 4. The van der Waals surface area contributed by atoms with Crippen LogP contribution in [0.15, 0.2) is 30.6 Å².